The topological polar surface area (TPSA) is 25.8 Å². The standard InChI is InChI=1S/C11H6ClF3N2/c12-3-6-4-16-11(17-5-6)7-1-8(13)10(15)9(14)2-7/h1-2,4-5H,3H2. The van der Waals surface area contributed by atoms with Crippen LogP contribution in [0.25, 0.3) is 11.4 Å². The number of benzene rings is 1. The van der Waals surface area contributed by atoms with Gasteiger partial charge in [0, 0.05) is 23.5 Å². The second-order valence-electron chi connectivity index (χ2n) is 3.30. The highest BCUT2D eigenvalue weighted by atomic mass is 35.5. The number of aromatic nitrogens is 2. The van der Waals surface area contributed by atoms with Gasteiger partial charge in [-0.3, -0.25) is 0 Å². The van der Waals surface area contributed by atoms with Crippen molar-refractivity contribution in [1.82, 2.24) is 9.97 Å². The van der Waals surface area contributed by atoms with Crippen LogP contribution < -0.4 is 0 Å². The van der Waals surface area contributed by atoms with Crippen molar-refractivity contribution in [2.75, 3.05) is 0 Å². The summed E-state index contributed by atoms with van der Waals surface area (Å²) in [7, 11) is 0. The van der Waals surface area contributed by atoms with Gasteiger partial charge >= 0.3 is 0 Å². The van der Waals surface area contributed by atoms with Gasteiger partial charge in [0.2, 0.25) is 0 Å². The van der Waals surface area contributed by atoms with Crippen molar-refractivity contribution in [3.8, 4) is 11.4 Å². The van der Waals surface area contributed by atoms with Crippen LogP contribution in [0, 0.1) is 17.5 Å². The third-order valence-electron chi connectivity index (χ3n) is 2.10. The van der Waals surface area contributed by atoms with E-state index in [1.807, 2.05) is 0 Å². The number of rotatable bonds is 2. The van der Waals surface area contributed by atoms with Crippen LogP contribution in [0.15, 0.2) is 24.5 Å². The molecule has 2 aromatic rings. The highest BCUT2D eigenvalue weighted by molar-refractivity contribution is 6.17. The first kappa shape index (κ1) is 11.9. The van der Waals surface area contributed by atoms with Crippen LogP contribution in [0.1, 0.15) is 5.56 Å². The molecule has 88 valence electrons. The summed E-state index contributed by atoms with van der Waals surface area (Å²) in [6.45, 7) is 0. The van der Waals surface area contributed by atoms with Gasteiger partial charge in [-0.05, 0) is 12.1 Å². The molecule has 0 bridgehead atoms. The first-order chi connectivity index (χ1) is 8.11. The largest absolute Gasteiger partial charge is 0.236 e. The molecule has 0 saturated carbocycles. The Kier molecular flexibility index (Phi) is 3.28. The average molecular weight is 259 g/mol. The zero-order valence-electron chi connectivity index (χ0n) is 8.42. The van der Waals surface area contributed by atoms with Crippen LogP contribution in [-0.4, -0.2) is 9.97 Å². The predicted octanol–water partition coefficient (Wildman–Crippen LogP) is 3.30. The first-order valence-electron chi connectivity index (χ1n) is 4.63. The maximum absolute atomic E-state index is 13.0. The molecule has 17 heavy (non-hydrogen) atoms. The third-order valence-corrected chi connectivity index (χ3v) is 2.41. The molecular weight excluding hydrogens is 253 g/mol. The molecule has 0 saturated heterocycles. The minimum atomic E-state index is -1.51. The van der Waals surface area contributed by atoms with Crippen molar-refractivity contribution in [3.05, 3.63) is 47.5 Å². The Morgan fingerprint density at radius 1 is 1.00 bits per heavy atom. The summed E-state index contributed by atoms with van der Waals surface area (Å²) in [4.78, 5) is 7.76. The fraction of sp³-hybridized carbons (Fsp3) is 0.0909. The summed E-state index contributed by atoms with van der Waals surface area (Å²) < 4.78 is 38.7. The van der Waals surface area contributed by atoms with Crippen LogP contribution >= 0.6 is 11.6 Å². The van der Waals surface area contributed by atoms with Crippen molar-refractivity contribution in [2.45, 2.75) is 5.88 Å². The molecule has 6 heteroatoms. The lowest BCUT2D eigenvalue weighted by atomic mass is 10.2. The van der Waals surface area contributed by atoms with Crippen molar-refractivity contribution in [2.24, 2.45) is 0 Å². The SMILES string of the molecule is Fc1cc(-c2ncc(CCl)cn2)cc(F)c1F. The van der Waals surface area contributed by atoms with E-state index in [1.165, 1.54) is 12.4 Å². The minimum absolute atomic E-state index is 0.0718. The maximum Gasteiger partial charge on any atom is 0.194 e. The Bertz CT molecular complexity index is 520. The second-order valence-corrected chi connectivity index (χ2v) is 3.57. The molecule has 0 radical (unpaired) electrons. The lowest BCUT2D eigenvalue weighted by molar-refractivity contribution is 0.447. The van der Waals surface area contributed by atoms with E-state index in [1.54, 1.807) is 0 Å². The Labute approximate surface area is 100 Å². The zero-order chi connectivity index (χ0) is 12.4. The van der Waals surface area contributed by atoms with E-state index >= 15 is 0 Å². The zero-order valence-corrected chi connectivity index (χ0v) is 9.18. The summed E-state index contributed by atoms with van der Waals surface area (Å²) in [5.74, 6) is -3.70. The third kappa shape index (κ3) is 2.39. The van der Waals surface area contributed by atoms with E-state index in [0.29, 0.717) is 5.56 Å². The van der Waals surface area contributed by atoms with Gasteiger partial charge in [0.1, 0.15) is 0 Å². The summed E-state index contributed by atoms with van der Waals surface area (Å²) in [5, 5.41) is 0. The molecule has 0 aliphatic heterocycles. The fourth-order valence-electron chi connectivity index (χ4n) is 1.26. The molecule has 1 aromatic heterocycles. The van der Waals surface area contributed by atoms with Crippen molar-refractivity contribution >= 4 is 11.6 Å². The molecule has 0 aliphatic carbocycles. The summed E-state index contributed by atoms with van der Waals surface area (Å²) in [6.07, 6.45) is 2.88. The summed E-state index contributed by atoms with van der Waals surface area (Å²) >= 11 is 5.55. The van der Waals surface area contributed by atoms with Crippen molar-refractivity contribution in [1.29, 1.82) is 0 Å². The molecule has 2 rings (SSSR count). The molecule has 0 aliphatic rings. The molecule has 0 atom stereocenters. The Hall–Kier alpha value is -1.62. The maximum atomic E-state index is 13.0. The Morgan fingerprint density at radius 2 is 1.53 bits per heavy atom. The molecule has 0 amide bonds. The van der Waals surface area contributed by atoms with Crippen molar-refractivity contribution < 1.29 is 13.2 Å². The second kappa shape index (κ2) is 4.71. The van der Waals surface area contributed by atoms with Crippen LogP contribution in [0.2, 0.25) is 0 Å². The molecule has 0 fully saturated rings. The highest BCUT2D eigenvalue weighted by Crippen LogP contribution is 2.20. The minimum Gasteiger partial charge on any atom is -0.236 e. The number of hydrogen-bond acceptors (Lipinski definition) is 2. The van der Waals surface area contributed by atoms with Gasteiger partial charge in [0.05, 0.1) is 5.88 Å². The van der Waals surface area contributed by atoms with E-state index in [0.717, 1.165) is 12.1 Å². The molecule has 1 heterocycles. The average Bonchev–Trinajstić information content (AvgIpc) is 2.35. The normalized spacial score (nSPS) is 10.6. The summed E-state index contributed by atoms with van der Waals surface area (Å²) in [5.41, 5.74) is 0.751. The van der Waals surface area contributed by atoms with E-state index in [-0.39, 0.29) is 17.3 Å². The number of alkyl halides is 1. The van der Waals surface area contributed by atoms with E-state index < -0.39 is 17.5 Å². The molecule has 0 unspecified atom stereocenters. The fourth-order valence-corrected chi connectivity index (χ4v) is 1.40. The van der Waals surface area contributed by atoms with E-state index in [4.69, 9.17) is 11.6 Å². The lowest BCUT2D eigenvalue weighted by Gasteiger charge is -2.02. The van der Waals surface area contributed by atoms with E-state index in [9.17, 15) is 13.2 Å². The first-order valence-corrected chi connectivity index (χ1v) is 5.17. The van der Waals surface area contributed by atoms with Gasteiger partial charge in [-0.25, -0.2) is 23.1 Å². The molecule has 1 aromatic carbocycles. The molecule has 2 nitrogen and oxygen atoms in total. The smallest absolute Gasteiger partial charge is 0.194 e. The van der Waals surface area contributed by atoms with Crippen LogP contribution in [-0.2, 0) is 5.88 Å². The van der Waals surface area contributed by atoms with Gasteiger partial charge in [-0.2, -0.15) is 0 Å². The molecular formula is C11H6ClF3N2. The van der Waals surface area contributed by atoms with E-state index in [2.05, 4.69) is 9.97 Å². The van der Waals surface area contributed by atoms with Gasteiger partial charge in [0.15, 0.2) is 23.3 Å². The summed E-state index contributed by atoms with van der Waals surface area (Å²) in [6, 6.07) is 1.68. The number of hydrogen-bond donors (Lipinski definition) is 0. The Balaban J connectivity index is 2.45. The highest BCUT2D eigenvalue weighted by Gasteiger charge is 2.12. The molecule has 0 spiro atoms. The van der Waals surface area contributed by atoms with Gasteiger partial charge in [-0.15, -0.1) is 11.6 Å². The lowest BCUT2D eigenvalue weighted by Crippen LogP contribution is -1.95. The van der Waals surface area contributed by atoms with Crippen LogP contribution in [0.3, 0.4) is 0 Å². The predicted molar refractivity (Wildman–Crippen MR) is 56.9 cm³/mol. The van der Waals surface area contributed by atoms with Crippen molar-refractivity contribution in [3.63, 3.8) is 0 Å². The quantitative estimate of drug-likeness (QED) is 0.610. The van der Waals surface area contributed by atoms with Gasteiger partial charge < -0.3 is 0 Å². The monoisotopic (exact) mass is 258 g/mol. The number of nitrogens with zero attached hydrogens (tertiary/aromatic N) is 2. The Morgan fingerprint density at radius 3 is 2.00 bits per heavy atom. The van der Waals surface area contributed by atoms with Gasteiger partial charge in [0.25, 0.3) is 0 Å². The number of halogens is 4. The van der Waals surface area contributed by atoms with Gasteiger partial charge in [-0.1, -0.05) is 0 Å². The van der Waals surface area contributed by atoms with Crippen LogP contribution in [0.5, 0.6) is 0 Å². The van der Waals surface area contributed by atoms with Crippen LogP contribution in [0.4, 0.5) is 13.2 Å². The molecule has 0 N–H and O–H groups in total.